The monoisotopic (exact) mass is 306 g/mol. The highest BCUT2D eigenvalue weighted by molar-refractivity contribution is 5.91. The van der Waals surface area contributed by atoms with Crippen LogP contribution in [-0.4, -0.2) is 29.5 Å². The van der Waals surface area contributed by atoms with Crippen molar-refractivity contribution in [2.45, 2.75) is 6.54 Å². The van der Waals surface area contributed by atoms with Crippen LogP contribution in [-0.2, 0) is 11.3 Å². The number of likely N-dealkylation sites (N-methyl/N-ethyl adjacent to an activating group) is 1. The van der Waals surface area contributed by atoms with Crippen molar-refractivity contribution in [3.63, 3.8) is 0 Å². The SMILES string of the molecule is CN(CC(=O)NCc1ccccc1)c1ncnc2ccccc12. The van der Waals surface area contributed by atoms with Gasteiger partial charge in [-0.05, 0) is 17.7 Å². The Hall–Kier alpha value is -2.95. The van der Waals surface area contributed by atoms with Gasteiger partial charge in [-0.15, -0.1) is 0 Å². The first-order valence-electron chi connectivity index (χ1n) is 7.45. The van der Waals surface area contributed by atoms with Gasteiger partial charge < -0.3 is 10.2 Å². The van der Waals surface area contributed by atoms with E-state index in [0.29, 0.717) is 6.54 Å². The molecule has 5 heteroatoms. The van der Waals surface area contributed by atoms with Gasteiger partial charge in [0, 0.05) is 19.0 Å². The van der Waals surface area contributed by atoms with Gasteiger partial charge in [-0.1, -0.05) is 42.5 Å². The minimum absolute atomic E-state index is 0.0425. The van der Waals surface area contributed by atoms with Crippen molar-refractivity contribution in [3.8, 4) is 0 Å². The molecule has 0 saturated carbocycles. The zero-order chi connectivity index (χ0) is 16.1. The van der Waals surface area contributed by atoms with E-state index in [1.165, 1.54) is 6.33 Å². The second-order valence-electron chi connectivity index (χ2n) is 5.33. The maximum absolute atomic E-state index is 12.1. The van der Waals surface area contributed by atoms with Gasteiger partial charge in [-0.3, -0.25) is 4.79 Å². The van der Waals surface area contributed by atoms with Crippen LogP contribution in [0.5, 0.6) is 0 Å². The zero-order valence-electron chi connectivity index (χ0n) is 12.9. The van der Waals surface area contributed by atoms with E-state index in [9.17, 15) is 4.79 Å². The third-order valence-electron chi connectivity index (χ3n) is 3.60. The third kappa shape index (κ3) is 3.63. The molecule has 0 aliphatic heterocycles. The van der Waals surface area contributed by atoms with E-state index in [0.717, 1.165) is 22.3 Å². The normalized spacial score (nSPS) is 10.5. The molecule has 0 atom stereocenters. The minimum Gasteiger partial charge on any atom is -0.350 e. The Morgan fingerprint density at radius 1 is 1.04 bits per heavy atom. The Morgan fingerprint density at radius 3 is 2.61 bits per heavy atom. The highest BCUT2D eigenvalue weighted by Gasteiger charge is 2.11. The minimum atomic E-state index is -0.0425. The number of nitrogens with one attached hydrogen (secondary N) is 1. The molecule has 0 unspecified atom stereocenters. The fourth-order valence-corrected chi connectivity index (χ4v) is 2.44. The quantitative estimate of drug-likeness (QED) is 0.786. The maximum atomic E-state index is 12.1. The molecule has 0 radical (unpaired) electrons. The number of carbonyl (C=O) groups is 1. The van der Waals surface area contributed by atoms with Crippen molar-refractivity contribution in [2.75, 3.05) is 18.5 Å². The van der Waals surface area contributed by atoms with Crippen molar-refractivity contribution in [3.05, 3.63) is 66.5 Å². The molecule has 0 aliphatic rings. The molecule has 1 aromatic heterocycles. The summed E-state index contributed by atoms with van der Waals surface area (Å²) in [7, 11) is 1.86. The molecule has 3 aromatic rings. The number of para-hydroxylation sites is 1. The molecule has 3 rings (SSSR count). The first-order valence-corrected chi connectivity index (χ1v) is 7.45. The molecule has 0 aliphatic carbocycles. The van der Waals surface area contributed by atoms with Crippen molar-refractivity contribution in [1.82, 2.24) is 15.3 Å². The van der Waals surface area contributed by atoms with Crippen LogP contribution < -0.4 is 10.2 Å². The zero-order valence-corrected chi connectivity index (χ0v) is 12.9. The number of rotatable bonds is 5. The summed E-state index contributed by atoms with van der Waals surface area (Å²) in [6, 6.07) is 17.6. The number of aromatic nitrogens is 2. The van der Waals surface area contributed by atoms with Gasteiger partial charge in [0.05, 0.1) is 12.1 Å². The van der Waals surface area contributed by atoms with E-state index in [1.807, 2.05) is 66.5 Å². The molecule has 1 amide bonds. The van der Waals surface area contributed by atoms with Crippen LogP contribution in [0.1, 0.15) is 5.56 Å². The largest absolute Gasteiger partial charge is 0.350 e. The molecule has 116 valence electrons. The maximum Gasteiger partial charge on any atom is 0.239 e. The van der Waals surface area contributed by atoms with Gasteiger partial charge >= 0.3 is 0 Å². The fraction of sp³-hybridized carbons (Fsp3) is 0.167. The van der Waals surface area contributed by atoms with Gasteiger partial charge in [0.1, 0.15) is 12.1 Å². The number of carbonyl (C=O) groups excluding carboxylic acids is 1. The van der Waals surface area contributed by atoms with Crippen LogP contribution in [0.4, 0.5) is 5.82 Å². The molecule has 0 saturated heterocycles. The van der Waals surface area contributed by atoms with E-state index in [2.05, 4.69) is 15.3 Å². The van der Waals surface area contributed by atoms with Crippen LogP contribution in [0, 0.1) is 0 Å². The van der Waals surface area contributed by atoms with Crippen LogP contribution in [0.15, 0.2) is 60.9 Å². The molecule has 0 bridgehead atoms. The summed E-state index contributed by atoms with van der Waals surface area (Å²) in [6.45, 7) is 0.770. The summed E-state index contributed by atoms with van der Waals surface area (Å²) in [5, 5.41) is 3.86. The molecular weight excluding hydrogens is 288 g/mol. The standard InChI is InChI=1S/C18H18N4O/c1-22(12-17(23)19-11-14-7-3-2-4-8-14)18-15-9-5-6-10-16(15)20-13-21-18/h2-10,13H,11-12H2,1H3,(H,19,23). The van der Waals surface area contributed by atoms with Crippen molar-refractivity contribution < 1.29 is 4.79 Å². The lowest BCUT2D eigenvalue weighted by Gasteiger charge is -2.19. The summed E-state index contributed by atoms with van der Waals surface area (Å²) >= 11 is 0. The first kappa shape index (κ1) is 15.0. The Balaban J connectivity index is 1.66. The van der Waals surface area contributed by atoms with E-state index in [1.54, 1.807) is 0 Å². The van der Waals surface area contributed by atoms with Gasteiger partial charge in [0.2, 0.25) is 5.91 Å². The van der Waals surface area contributed by atoms with Crippen LogP contribution in [0.2, 0.25) is 0 Å². The van der Waals surface area contributed by atoms with E-state index in [4.69, 9.17) is 0 Å². The van der Waals surface area contributed by atoms with Crippen molar-refractivity contribution >= 4 is 22.6 Å². The Bertz CT molecular complexity index is 799. The van der Waals surface area contributed by atoms with E-state index in [-0.39, 0.29) is 12.5 Å². The second-order valence-corrected chi connectivity index (χ2v) is 5.33. The number of benzene rings is 2. The molecule has 0 spiro atoms. The van der Waals surface area contributed by atoms with E-state index < -0.39 is 0 Å². The molecule has 1 N–H and O–H groups in total. The average Bonchev–Trinajstić information content (AvgIpc) is 2.60. The number of anilines is 1. The van der Waals surface area contributed by atoms with Gasteiger partial charge in [-0.25, -0.2) is 9.97 Å². The Kier molecular flexibility index (Phi) is 4.47. The van der Waals surface area contributed by atoms with E-state index >= 15 is 0 Å². The van der Waals surface area contributed by atoms with Gasteiger partial charge in [0.15, 0.2) is 0 Å². The first-order chi connectivity index (χ1) is 11.2. The Labute approximate surface area is 135 Å². The van der Waals surface area contributed by atoms with Crippen molar-refractivity contribution in [2.24, 2.45) is 0 Å². The number of hydrogen-bond acceptors (Lipinski definition) is 4. The fourth-order valence-electron chi connectivity index (χ4n) is 2.44. The predicted molar refractivity (Wildman–Crippen MR) is 91.1 cm³/mol. The predicted octanol–water partition coefficient (Wildman–Crippen LogP) is 2.38. The highest BCUT2D eigenvalue weighted by atomic mass is 16.2. The molecule has 5 nitrogen and oxygen atoms in total. The third-order valence-corrected chi connectivity index (χ3v) is 3.60. The molecule has 0 fully saturated rings. The topological polar surface area (TPSA) is 58.1 Å². The molecule has 1 heterocycles. The second kappa shape index (κ2) is 6.87. The van der Waals surface area contributed by atoms with Crippen LogP contribution in [0.3, 0.4) is 0 Å². The molecular formula is C18H18N4O. The van der Waals surface area contributed by atoms with Crippen LogP contribution >= 0.6 is 0 Å². The average molecular weight is 306 g/mol. The highest BCUT2D eigenvalue weighted by Crippen LogP contribution is 2.21. The van der Waals surface area contributed by atoms with Gasteiger partial charge in [0.25, 0.3) is 0 Å². The lowest BCUT2D eigenvalue weighted by Crippen LogP contribution is -2.35. The lowest BCUT2D eigenvalue weighted by atomic mass is 10.2. The lowest BCUT2D eigenvalue weighted by molar-refractivity contribution is -0.119. The summed E-state index contributed by atoms with van der Waals surface area (Å²) in [6.07, 6.45) is 1.52. The number of amides is 1. The number of nitrogens with zero attached hydrogens (tertiary/aromatic N) is 3. The summed E-state index contributed by atoms with van der Waals surface area (Å²) in [4.78, 5) is 22.5. The number of fused-ring (bicyclic) bond motifs is 1. The molecule has 2 aromatic carbocycles. The summed E-state index contributed by atoms with van der Waals surface area (Å²) in [5.41, 5.74) is 1.95. The Morgan fingerprint density at radius 2 is 1.78 bits per heavy atom. The summed E-state index contributed by atoms with van der Waals surface area (Å²) in [5.74, 6) is 0.713. The smallest absolute Gasteiger partial charge is 0.239 e. The molecule has 23 heavy (non-hydrogen) atoms. The number of hydrogen-bond donors (Lipinski definition) is 1. The van der Waals surface area contributed by atoms with Crippen LogP contribution in [0.25, 0.3) is 10.9 Å². The summed E-state index contributed by atoms with van der Waals surface area (Å²) < 4.78 is 0. The van der Waals surface area contributed by atoms with Gasteiger partial charge in [-0.2, -0.15) is 0 Å². The van der Waals surface area contributed by atoms with Crippen molar-refractivity contribution in [1.29, 1.82) is 0 Å².